The predicted molar refractivity (Wildman–Crippen MR) is 95.8 cm³/mol. The molecule has 3 fully saturated rings. The molecule has 3 rings (SSSR count). The number of alkyl halides is 3. The van der Waals surface area contributed by atoms with E-state index in [-0.39, 0.29) is 18.0 Å². The van der Waals surface area contributed by atoms with Crippen LogP contribution in [-0.2, 0) is 14.3 Å². The first-order valence-corrected chi connectivity index (χ1v) is 10.7. The van der Waals surface area contributed by atoms with Crippen LogP contribution in [0.2, 0.25) is 0 Å². The van der Waals surface area contributed by atoms with Crippen LogP contribution in [0.4, 0.5) is 13.2 Å². The summed E-state index contributed by atoms with van der Waals surface area (Å²) in [6, 6.07) is 0. The maximum atomic E-state index is 12.5. The molecule has 0 heterocycles. The Morgan fingerprint density at radius 2 is 1.22 bits per heavy atom. The lowest BCUT2D eigenvalue weighted by Crippen LogP contribution is -2.34. The van der Waals surface area contributed by atoms with Gasteiger partial charge < -0.3 is 4.74 Å². The second-order valence-corrected chi connectivity index (χ2v) is 9.03. The third-order valence-electron chi connectivity index (χ3n) is 7.04. The Hall–Kier alpha value is -0.780. The highest BCUT2D eigenvalue weighted by molar-refractivity contribution is 5.72. The molecule has 0 aromatic carbocycles. The van der Waals surface area contributed by atoms with Gasteiger partial charge in [0.1, 0.15) is 6.10 Å². The van der Waals surface area contributed by atoms with Crippen LogP contribution >= 0.6 is 0 Å². The van der Waals surface area contributed by atoms with Gasteiger partial charge in [-0.3, -0.25) is 9.53 Å². The first-order chi connectivity index (χ1) is 12.8. The van der Waals surface area contributed by atoms with Crippen molar-refractivity contribution in [3.63, 3.8) is 0 Å². The van der Waals surface area contributed by atoms with Gasteiger partial charge in [-0.05, 0) is 82.0 Å². The van der Waals surface area contributed by atoms with Crippen LogP contribution in [0.15, 0.2) is 0 Å². The number of carbonyl (C=O) groups is 1. The van der Waals surface area contributed by atoms with E-state index in [1.807, 2.05) is 0 Å². The third-order valence-corrected chi connectivity index (χ3v) is 7.04. The summed E-state index contributed by atoms with van der Waals surface area (Å²) in [6.45, 7) is 2.34. The number of ether oxygens (including phenoxy) is 2. The third kappa shape index (κ3) is 6.37. The fraction of sp³-hybridized carbons (Fsp3) is 0.952. The van der Waals surface area contributed by atoms with Crippen LogP contribution in [0.25, 0.3) is 0 Å². The van der Waals surface area contributed by atoms with E-state index in [0.29, 0.717) is 25.7 Å². The molecule has 0 N–H and O–H groups in total. The number of rotatable bonds is 4. The summed E-state index contributed by atoms with van der Waals surface area (Å²) in [5.74, 6) is 2.31. The van der Waals surface area contributed by atoms with Gasteiger partial charge in [0.2, 0.25) is 0 Å². The number of carbonyl (C=O) groups excluding carboxylic acids is 1. The molecule has 3 saturated carbocycles. The van der Waals surface area contributed by atoms with Gasteiger partial charge >= 0.3 is 12.3 Å². The van der Waals surface area contributed by atoms with Crippen molar-refractivity contribution in [3.8, 4) is 0 Å². The van der Waals surface area contributed by atoms with E-state index >= 15 is 0 Å². The summed E-state index contributed by atoms with van der Waals surface area (Å²) in [4.78, 5) is 12.5. The van der Waals surface area contributed by atoms with E-state index in [1.54, 1.807) is 0 Å². The second kappa shape index (κ2) is 9.15. The standard InChI is InChI=1S/C21H33F3O3/c1-14-2-4-15(5-3-14)16-6-8-17(9-7-16)20(25)26-18-10-12-19(13-11-18)27-21(22,23)24/h14-19H,2-13H2,1H3. The lowest BCUT2D eigenvalue weighted by molar-refractivity contribution is -0.346. The van der Waals surface area contributed by atoms with Crippen LogP contribution in [0.5, 0.6) is 0 Å². The molecule has 0 aromatic rings. The molecule has 3 aliphatic carbocycles. The Kier molecular flexibility index (Phi) is 7.09. The topological polar surface area (TPSA) is 35.5 Å². The van der Waals surface area contributed by atoms with Crippen LogP contribution in [0.1, 0.15) is 84.0 Å². The van der Waals surface area contributed by atoms with Crippen LogP contribution in [-0.4, -0.2) is 24.5 Å². The minimum atomic E-state index is -4.58. The Bertz CT molecular complexity index is 470. The van der Waals surface area contributed by atoms with Gasteiger partial charge in [-0.15, -0.1) is 13.2 Å². The molecule has 0 aromatic heterocycles. The maximum absolute atomic E-state index is 12.5. The van der Waals surface area contributed by atoms with Crippen molar-refractivity contribution in [2.75, 3.05) is 0 Å². The first-order valence-electron chi connectivity index (χ1n) is 10.7. The van der Waals surface area contributed by atoms with Crippen LogP contribution < -0.4 is 0 Å². The summed E-state index contributed by atoms with van der Waals surface area (Å²) < 4.78 is 46.5. The Balaban J connectivity index is 1.35. The molecular weight excluding hydrogens is 357 g/mol. The van der Waals surface area contributed by atoms with Gasteiger partial charge in [-0.25, -0.2) is 0 Å². The zero-order valence-corrected chi connectivity index (χ0v) is 16.3. The highest BCUT2D eigenvalue weighted by Crippen LogP contribution is 2.41. The molecule has 0 aliphatic heterocycles. The summed E-state index contributed by atoms with van der Waals surface area (Å²) >= 11 is 0. The summed E-state index contributed by atoms with van der Waals surface area (Å²) in [6.07, 6.45) is 5.29. The summed E-state index contributed by atoms with van der Waals surface area (Å²) in [7, 11) is 0. The quantitative estimate of drug-likeness (QED) is 0.552. The van der Waals surface area contributed by atoms with E-state index in [4.69, 9.17) is 4.74 Å². The Morgan fingerprint density at radius 3 is 1.74 bits per heavy atom. The van der Waals surface area contributed by atoms with Crippen molar-refractivity contribution in [1.29, 1.82) is 0 Å². The van der Waals surface area contributed by atoms with Crippen LogP contribution in [0, 0.1) is 23.7 Å². The molecule has 0 atom stereocenters. The van der Waals surface area contributed by atoms with E-state index in [2.05, 4.69) is 11.7 Å². The first kappa shape index (κ1) is 20.9. The van der Waals surface area contributed by atoms with Crippen molar-refractivity contribution in [2.45, 2.75) is 103 Å². The second-order valence-electron chi connectivity index (χ2n) is 9.03. The minimum absolute atomic E-state index is 0.0205. The highest BCUT2D eigenvalue weighted by Gasteiger charge is 2.37. The van der Waals surface area contributed by atoms with Crippen molar-refractivity contribution >= 4 is 5.97 Å². The van der Waals surface area contributed by atoms with Gasteiger partial charge in [-0.2, -0.15) is 0 Å². The monoisotopic (exact) mass is 390 g/mol. The molecule has 0 spiro atoms. The lowest BCUT2D eigenvalue weighted by Gasteiger charge is -2.37. The summed E-state index contributed by atoms with van der Waals surface area (Å²) in [5, 5.41) is 0. The SMILES string of the molecule is CC1CCC(C2CCC(C(=O)OC3CCC(OC(F)(F)F)CC3)CC2)CC1. The Morgan fingerprint density at radius 1 is 0.741 bits per heavy atom. The molecule has 0 saturated heterocycles. The number of hydrogen-bond acceptors (Lipinski definition) is 3. The molecular formula is C21H33F3O3. The Labute approximate surface area is 160 Å². The number of esters is 1. The van der Waals surface area contributed by atoms with Crippen molar-refractivity contribution < 1.29 is 27.4 Å². The van der Waals surface area contributed by atoms with Gasteiger partial charge in [0.05, 0.1) is 12.0 Å². The molecule has 156 valence electrons. The van der Waals surface area contributed by atoms with Gasteiger partial charge in [0.25, 0.3) is 0 Å². The fourth-order valence-corrected chi connectivity index (χ4v) is 5.30. The normalized spacial score (nSPS) is 38.4. The highest BCUT2D eigenvalue weighted by atomic mass is 19.4. The van der Waals surface area contributed by atoms with Crippen molar-refractivity contribution in [1.82, 2.24) is 0 Å². The molecule has 27 heavy (non-hydrogen) atoms. The minimum Gasteiger partial charge on any atom is -0.462 e. The average molecular weight is 390 g/mol. The molecule has 3 nitrogen and oxygen atoms in total. The van der Waals surface area contributed by atoms with E-state index < -0.39 is 12.5 Å². The fourth-order valence-electron chi connectivity index (χ4n) is 5.30. The largest absolute Gasteiger partial charge is 0.522 e. The summed E-state index contributed by atoms with van der Waals surface area (Å²) in [5.41, 5.74) is 0. The lowest BCUT2D eigenvalue weighted by atomic mass is 9.69. The smallest absolute Gasteiger partial charge is 0.462 e. The molecule has 0 radical (unpaired) electrons. The average Bonchev–Trinajstić information content (AvgIpc) is 2.63. The van der Waals surface area contributed by atoms with Gasteiger partial charge in [0.15, 0.2) is 0 Å². The van der Waals surface area contributed by atoms with E-state index in [1.165, 1.54) is 25.7 Å². The van der Waals surface area contributed by atoms with E-state index in [0.717, 1.165) is 43.4 Å². The molecule has 0 unspecified atom stereocenters. The maximum Gasteiger partial charge on any atom is 0.522 e. The predicted octanol–water partition coefficient (Wildman–Crippen LogP) is 6.01. The number of hydrogen-bond donors (Lipinski definition) is 0. The zero-order chi connectivity index (χ0) is 19.4. The molecule has 0 bridgehead atoms. The van der Waals surface area contributed by atoms with Gasteiger partial charge in [-0.1, -0.05) is 19.8 Å². The van der Waals surface area contributed by atoms with E-state index in [9.17, 15) is 18.0 Å². The molecule has 6 heteroatoms. The van der Waals surface area contributed by atoms with Crippen LogP contribution in [0.3, 0.4) is 0 Å². The molecule has 3 aliphatic rings. The van der Waals surface area contributed by atoms with Crippen molar-refractivity contribution in [3.05, 3.63) is 0 Å². The number of halogens is 3. The zero-order valence-electron chi connectivity index (χ0n) is 16.3. The van der Waals surface area contributed by atoms with Gasteiger partial charge in [0, 0.05) is 0 Å². The van der Waals surface area contributed by atoms with Crippen molar-refractivity contribution in [2.24, 2.45) is 23.7 Å². The molecule has 0 amide bonds.